The molecule has 1 aliphatic heterocycles. The first-order valence-electron chi connectivity index (χ1n) is 5.68. The quantitative estimate of drug-likeness (QED) is 0.596. The Morgan fingerprint density at radius 1 is 1.53 bits per heavy atom. The molecule has 0 radical (unpaired) electrons. The van der Waals surface area contributed by atoms with Crippen molar-refractivity contribution in [2.24, 2.45) is 0 Å². The average Bonchev–Trinajstić information content (AvgIpc) is 2.58. The maximum atomic E-state index is 11.6. The molecule has 17 heavy (non-hydrogen) atoms. The van der Waals surface area contributed by atoms with Gasteiger partial charge in [-0.15, -0.1) is 0 Å². The summed E-state index contributed by atoms with van der Waals surface area (Å²) in [5.41, 5.74) is 0. The molecule has 1 fully saturated rings. The maximum Gasteiger partial charge on any atom is 0.236 e. The van der Waals surface area contributed by atoms with Crippen LogP contribution in [0.3, 0.4) is 0 Å². The normalized spacial score (nSPS) is 24.5. The van der Waals surface area contributed by atoms with Crippen LogP contribution in [0.1, 0.15) is 13.3 Å². The number of hydrogen-bond acceptors (Lipinski definition) is 5. The van der Waals surface area contributed by atoms with Crippen LogP contribution in [0.4, 0.5) is 0 Å². The molecule has 2 atom stereocenters. The van der Waals surface area contributed by atoms with Gasteiger partial charge in [-0.2, -0.15) is 0 Å². The van der Waals surface area contributed by atoms with Crippen molar-refractivity contribution in [2.75, 3.05) is 31.8 Å². The molecular formula is C10H20N2O4S. The lowest BCUT2D eigenvalue weighted by molar-refractivity contribution is -0.123. The number of hydrogen-bond donors (Lipinski definition) is 2. The predicted molar refractivity (Wildman–Crippen MR) is 64.5 cm³/mol. The molecule has 7 heteroatoms. The lowest BCUT2D eigenvalue weighted by Gasteiger charge is -2.17. The van der Waals surface area contributed by atoms with Crippen molar-refractivity contribution in [3.8, 4) is 0 Å². The second kappa shape index (κ2) is 6.32. The van der Waals surface area contributed by atoms with Crippen LogP contribution in [0.2, 0.25) is 0 Å². The maximum absolute atomic E-state index is 11.6. The number of carbonyl (C=O) groups is 1. The Morgan fingerprint density at radius 3 is 2.76 bits per heavy atom. The smallest absolute Gasteiger partial charge is 0.236 e. The zero-order chi connectivity index (χ0) is 12.9. The van der Waals surface area contributed by atoms with Crippen molar-refractivity contribution in [1.29, 1.82) is 0 Å². The number of nitrogens with one attached hydrogen (secondary N) is 2. The highest BCUT2D eigenvalue weighted by Gasteiger charge is 2.29. The molecule has 2 unspecified atom stereocenters. The van der Waals surface area contributed by atoms with Gasteiger partial charge in [-0.3, -0.25) is 4.79 Å². The summed E-state index contributed by atoms with van der Waals surface area (Å²) in [6.45, 7) is 2.66. The number of carbonyl (C=O) groups excluding carboxylic acids is 1. The molecule has 100 valence electrons. The van der Waals surface area contributed by atoms with E-state index in [-0.39, 0.29) is 29.5 Å². The van der Waals surface area contributed by atoms with Crippen molar-refractivity contribution in [1.82, 2.24) is 10.6 Å². The van der Waals surface area contributed by atoms with E-state index in [0.29, 0.717) is 19.6 Å². The van der Waals surface area contributed by atoms with Crippen LogP contribution < -0.4 is 10.6 Å². The lowest BCUT2D eigenvalue weighted by atomic mass is 10.2. The standard InChI is InChI=1S/C10H20N2O4S/c1-8(10(13)11-4-5-16-2)12-9-3-6-17(14,15)7-9/h8-9,12H,3-7H2,1-2H3,(H,11,13). The first-order valence-corrected chi connectivity index (χ1v) is 7.50. The summed E-state index contributed by atoms with van der Waals surface area (Å²) >= 11 is 0. The van der Waals surface area contributed by atoms with Crippen molar-refractivity contribution in [3.05, 3.63) is 0 Å². The van der Waals surface area contributed by atoms with Crippen LogP contribution in [0.5, 0.6) is 0 Å². The Balaban J connectivity index is 2.29. The second-order valence-electron chi connectivity index (χ2n) is 4.27. The Labute approximate surface area is 102 Å². The number of ether oxygens (including phenoxy) is 1. The average molecular weight is 264 g/mol. The molecule has 0 spiro atoms. The van der Waals surface area contributed by atoms with E-state index < -0.39 is 9.84 Å². The van der Waals surface area contributed by atoms with E-state index >= 15 is 0 Å². The molecule has 0 aromatic heterocycles. The van der Waals surface area contributed by atoms with E-state index in [1.54, 1.807) is 14.0 Å². The zero-order valence-electron chi connectivity index (χ0n) is 10.2. The minimum Gasteiger partial charge on any atom is -0.383 e. The van der Waals surface area contributed by atoms with Crippen molar-refractivity contribution >= 4 is 15.7 Å². The molecule has 0 aromatic rings. The minimum atomic E-state index is -2.90. The van der Waals surface area contributed by atoms with E-state index in [1.807, 2.05) is 0 Å². The Bertz CT molecular complexity index is 355. The van der Waals surface area contributed by atoms with Crippen molar-refractivity contribution in [2.45, 2.75) is 25.4 Å². The van der Waals surface area contributed by atoms with E-state index in [2.05, 4.69) is 10.6 Å². The summed E-state index contributed by atoms with van der Waals surface area (Å²) < 4.78 is 27.3. The van der Waals surface area contributed by atoms with E-state index in [0.717, 1.165) is 0 Å². The van der Waals surface area contributed by atoms with E-state index in [9.17, 15) is 13.2 Å². The van der Waals surface area contributed by atoms with Crippen LogP contribution in [-0.4, -0.2) is 58.2 Å². The summed E-state index contributed by atoms with van der Waals surface area (Å²) in [6, 6.07) is -0.492. The fraction of sp³-hybridized carbons (Fsp3) is 0.900. The van der Waals surface area contributed by atoms with Crippen molar-refractivity contribution in [3.63, 3.8) is 0 Å². The van der Waals surface area contributed by atoms with E-state index in [4.69, 9.17) is 4.74 Å². The molecule has 1 heterocycles. The number of sulfone groups is 1. The number of methoxy groups -OCH3 is 1. The van der Waals surface area contributed by atoms with Gasteiger partial charge in [-0.25, -0.2) is 8.42 Å². The molecule has 1 rings (SSSR count). The fourth-order valence-corrected chi connectivity index (χ4v) is 3.47. The third-order valence-corrected chi connectivity index (χ3v) is 4.48. The topological polar surface area (TPSA) is 84.5 Å². The molecule has 1 aliphatic rings. The molecule has 0 saturated carbocycles. The SMILES string of the molecule is COCCNC(=O)C(C)NC1CCS(=O)(=O)C1. The third-order valence-electron chi connectivity index (χ3n) is 2.72. The molecule has 1 amide bonds. The van der Waals surface area contributed by atoms with Gasteiger partial charge in [0.25, 0.3) is 0 Å². The first kappa shape index (κ1) is 14.4. The van der Waals surface area contributed by atoms with Gasteiger partial charge in [-0.05, 0) is 13.3 Å². The van der Waals surface area contributed by atoms with Crippen LogP contribution >= 0.6 is 0 Å². The largest absolute Gasteiger partial charge is 0.383 e. The molecule has 2 N–H and O–H groups in total. The summed E-state index contributed by atoms with van der Waals surface area (Å²) in [5.74, 6) is 0.206. The first-order chi connectivity index (χ1) is 7.94. The number of rotatable bonds is 6. The Kier molecular flexibility index (Phi) is 5.35. The second-order valence-corrected chi connectivity index (χ2v) is 6.50. The van der Waals surface area contributed by atoms with E-state index in [1.165, 1.54) is 0 Å². The fourth-order valence-electron chi connectivity index (χ4n) is 1.79. The molecule has 1 saturated heterocycles. The summed E-state index contributed by atoms with van der Waals surface area (Å²) in [4.78, 5) is 11.6. The molecule has 0 bridgehead atoms. The van der Waals surface area contributed by atoms with Gasteiger partial charge in [0.05, 0.1) is 24.2 Å². The van der Waals surface area contributed by atoms with Gasteiger partial charge >= 0.3 is 0 Å². The highest BCUT2D eigenvalue weighted by molar-refractivity contribution is 7.91. The van der Waals surface area contributed by atoms with Gasteiger partial charge in [-0.1, -0.05) is 0 Å². The monoisotopic (exact) mass is 264 g/mol. The summed E-state index contributed by atoms with van der Waals surface area (Å²) in [5, 5.41) is 5.73. The predicted octanol–water partition coefficient (Wildman–Crippen LogP) is -1.09. The van der Waals surface area contributed by atoms with Gasteiger partial charge in [0.15, 0.2) is 9.84 Å². The number of amides is 1. The molecule has 0 aliphatic carbocycles. The van der Waals surface area contributed by atoms with Crippen LogP contribution in [0.25, 0.3) is 0 Å². The Morgan fingerprint density at radius 2 is 2.24 bits per heavy atom. The summed E-state index contributed by atoms with van der Waals surface area (Å²) in [6.07, 6.45) is 0.581. The zero-order valence-corrected chi connectivity index (χ0v) is 11.0. The molecular weight excluding hydrogens is 244 g/mol. The molecule has 0 aromatic carbocycles. The van der Waals surface area contributed by atoms with Crippen LogP contribution in [0, 0.1) is 0 Å². The van der Waals surface area contributed by atoms with Crippen molar-refractivity contribution < 1.29 is 17.9 Å². The summed E-state index contributed by atoms with van der Waals surface area (Å²) in [7, 11) is -1.34. The minimum absolute atomic E-state index is 0.108. The third kappa shape index (κ3) is 5.01. The van der Waals surface area contributed by atoms with Gasteiger partial charge in [0.1, 0.15) is 0 Å². The Hall–Kier alpha value is -0.660. The van der Waals surface area contributed by atoms with Gasteiger partial charge < -0.3 is 15.4 Å². The highest BCUT2D eigenvalue weighted by Crippen LogP contribution is 2.11. The lowest BCUT2D eigenvalue weighted by Crippen LogP contribution is -2.47. The highest BCUT2D eigenvalue weighted by atomic mass is 32.2. The van der Waals surface area contributed by atoms with Crippen LogP contribution in [0.15, 0.2) is 0 Å². The molecule has 6 nitrogen and oxygen atoms in total. The van der Waals surface area contributed by atoms with Crippen LogP contribution in [-0.2, 0) is 19.4 Å². The van der Waals surface area contributed by atoms with Gasteiger partial charge in [0, 0.05) is 19.7 Å². The van der Waals surface area contributed by atoms with Gasteiger partial charge in [0.2, 0.25) is 5.91 Å².